The number of ketones is 1. The van der Waals surface area contributed by atoms with Crippen molar-refractivity contribution in [2.75, 3.05) is 0 Å². The molecule has 0 spiro atoms. The van der Waals surface area contributed by atoms with Gasteiger partial charge in [0.05, 0.1) is 11.7 Å². The number of aliphatic carboxylic acids is 1. The molecule has 0 aliphatic heterocycles. The Bertz CT molecular complexity index is 229. The first-order chi connectivity index (χ1) is 5.09. The highest BCUT2D eigenvalue weighted by Gasteiger charge is 2.25. The third-order valence-electron chi connectivity index (χ3n) is 1.58. The van der Waals surface area contributed by atoms with Gasteiger partial charge in [-0.05, 0) is 0 Å². The topological polar surface area (TPSA) is 74.6 Å². The van der Waals surface area contributed by atoms with Crippen molar-refractivity contribution in [3.63, 3.8) is 0 Å². The number of hydrogen-bond acceptors (Lipinski definition) is 3. The van der Waals surface area contributed by atoms with Crippen LogP contribution in [-0.4, -0.2) is 22.0 Å². The molecule has 1 aliphatic rings. The zero-order chi connectivity index (χ0) is 8.43. The first-order valence-corrected chi connectivity index (χ1v) is 3.25. The summed E-state index contributed by atoms with van der Waals surface area (Å²) in [6, 6.07) is 0. The second kappa shape index (κ2) is 2.74. The summed E-state index contributed by atoms with van der Waals surface area (Å²) in [4.78, 5) is 21.0. The van der Waals surface area contributed by atoms with Crippen molar-refractivity contribution in [3.05, 3.63) is 11.8 Å². The first-order valence-electron chi connectivity index (χ1n) is 3.25. The molecule has 0 fully saturated rings. The van der Waals surface area contributed by atoms with Crippen LogP contribution in [0.5, 0.6) is 0 Å². The van der Waals surface area contributed by atoms with E-state index in [1.807, 2.05) is 0 Å². The third-order valence-corrected chi connectivity index (χ3v) is 1.58. The Morgan fingerprint density at radius 3 is 2.64 bits per heavy atom. The molecular formula is C7H8O4. The highest BCUT2D eigenvalue weighted by Crippen LogP contribution is 2.19. The first kappa shape index (κ1) is 7.78. The predicted molar refractivity (Wildman–Crippen MR) is 36.1 cm³/mol. The summed E-state index contributed by atoms with van der Waals surface area (Å²) in [5.41, 5.74) is 0. The lowest BCUT2D eigenvalue weighted by atomic mass is 9.92. The molecule has 1 aliphatic carbocycles. The minimum atomic E-state index is -1.03. The molecule has 4 heteroatoms. The van der Waals surface area contributed by atoms with E-state index < -0.39 is 11.9 Å². The van der Waals surface area contributed by atoms with Crippen molar-refractivity contribution in [3.8, 4) is 0 Å². The maximum atomic E-state index is 10.7. The smallest absolute Gasteiger partial charge is 0.307 e. The standard InChI is InChI=1S/C7H8O4/c8-5-1-4(7(10)11)2-6(9)3-5/h3-4,8H,1-2H2,(H,10,11). The molecule has 0 radical (unpaired) electrons. The number of aliphatic hydroxyl groups excluding tert-OH is 1. The average molecular weight is 156 g/mol. The van der Waals surface area contributed by atoms with Crippen LogP contribution >= 0.6 is 0 Å². The van der Waals surface area contributed by atoms with Gasteiger partial charge in [0.25, 0.3) is 0 Å². The fourth-order valence-electron chi connectivity index (χ4n) is 1.05. The molecule has 0 saturated carbocycles. The Balaban J connectivity index is 2.72. The van der Waals surface area contributed by atoms with Crippen LogP contribution in [0, 0.1) is 5.92 Å². The van der Waals surface area contributed by atoms with E-state index in [1.54, 1.807) is 0 Å². The molecule has 2 N–H and O–H groups in total. The van der Waals surface area contributed by atoms with E-state index in [0.29, 0.717) is 0 Å². The Labute approximate surface area is 63.1 Å². The van der Waals surface area contributed by atoms with Crippen LogP contribution in [0.3, 0.4) is 0 Å². The number of hydrogen-bond donors (Lipinski definition) is 2. The summed E-state index contributed by atoms with van der Waals surface area (Å²) in [5.74, 6) is -2.22. The van der Waals surface area contributed by atoms with Crippen molar-refractivity contribution < 1.29 is 19.8 Å². The van der Waals surface area contributed by atoms with Gasteiger partial charge in [-0.25, -0.2) is 0 Å². The van der Waals surface area contributed by atoms with E-state index in [4.69, 9.17) is 10.2 Å². The number of carbonyl (C=O) groups is 2. The van der Waals surface area contributed by atoms with Crippen LogP contribution in [0.15, 0.2) is 11.8 Å². The molecule has 4 nitrogen and oxygen atoms in total. The Hall–Kier alpha value is -1.32. The lowest BCUT2D eigenvalue weighted by molar-refractivity contribution is -0.143. The Morgan fingerprint density at radius 2 is 2.18 bits per heavy atom. The molecule has 0 aromatic rings. The number of aliphatic hydroxyl groups is 1. The molecule has 0 bridgehead atoms. The van der Waals surface area contributed by atoms with Gasteiger partial charge < -0.3 is 10.2 Å². The van der Waals surface area contributed by atoms with E-state index in [1.165, 1.54) is 0 Å². The highest BCUT2D eigenvalue weighted by molar-refractivity contribution is 5.94. The fraction of sp³-hybridized carbons (Fsp3) is 0.429. The number of carboxylic acid groups (broad SMARTS) is 1. The lowest BCUT2D eigenvalue weighted by Gasteiger charge is -2.13. The molecule has 0 heterocycles. The Morgan fingerprint density at radius 1 is 1.55 bits per heavy atom. The van der Waals surface area contributed by atoms with Gasteiger partial charge in [-0.3, -0.25) is 9.59 Å². The van der Waals surface area contributed by atoms with Crippen LogP contribution in [0.25, 0.3) is 0 Å². The molecular weight excluding hydrogens is 148 g/mol. The summed E-state index contributed by atoms with van der Waals surface area (Å²) in [7, 11) is 0. The van der Waals surface area contributed by atoms with E-state index in [2.05, 4.69) is 0 Å². The maximum absolute atomic E-state index is 10.7. The number of rotatable bonds is 1. The summed E-state index contributed by atoms with van der Waals surface area (Å²) in [6.07, 6.45) is 1.15. The largest absolute Gasteiger partial charge is 0.512 e. The van der Waals surface area contributed by atoms with E-state index in [9.17, 15) is 9.59 Å². The normalized spacial score (nSPS) is 24.5. The number of carboxylic acids is 1. The lowest BCUT2D eigenvalue weighted by Crippen LogP contribution is -2.21. The van der Waals surface area contributed by atoms with Crippen LogP contribution < -0.4 is 0 Å². The maximum Gasteiger partial charge on any atom is 0.307 e. The second-order valence-corrected chi connectivity index (χ2v) is 2.55. The molecule has 1 rings (SSSR count). The number of allylic oxidation sites excluding steroid dienone is 2. The Kier molecular flexibility index (Phi) is 1.94. The highest BCUT2D eigenvalue weighted by atomic mass is 16.4. The average Bonchev–Trinajstić information content (AvgIpc) is 1.85. The van der Waals surface area contributed by atoms with E-state index in [-0.39, 0.29) is 24.4 Å². The summed E-state index contributed by atoms with van der Waals surface area (Å²) in [6.45, 7) is 0. The van der Waals surface area contributed by atoms with Crippen LogP contribution in [-0.2, 0) is 9.59 Å². The van der Waals surface area contributed by atoms with Gasteiger partial charge in [-0.2, -0.15) is 0 Å². The van der Waals surface area contributed by atoms with Gasteiger partial charge in [0.2, 0.25) is 0 Å². The predicted octanol–water partition coefficient (Wildman–Crippen LogP) is 0.492. The fourth-order valence-corrected chi connectivity index (χ4v) is 1.05. The quantitative estimate of drug-likeness (QED) is 0.579. The molecule has 11 heavy (non-hydrogen) atoms. The SMILES string of the molecule is O=C1C=C(O)CC(C(=O)O)C1. The van der Waals surface area contributed by atoms with Crippen molar-refractivity contribution in [2.24, 2.45) is 5.92 Å². The molecule has 0 aromatic heterocycles. The third kappa shape index (κ3) is 1.80. The van der Waals surface area contributed by atoms with E-state index >= 15 is 0 Å². The monoisotopic (exact) mass is 156 g/mol. The molecule has 0 aromatic carbocycles. The molecule has 0 amide bonds. The van der Waals surface area contributed by atoms with Crippen molar-refractivity contribution in [2.45, 2.75) is 12.8 Å². The van der Waals surface area contributed by atoms with Crippen molar-refractivity contribution >= 4 is 11.8 Å². The van der Waals surface area contributed by atoms with Crippen LogP contribution in [0.1, 0.15) is 12.8 Å². The zero-order valence-corrected chi connectivity index (χ0v) is 5.78. The van der Waals surface area contributed by atoms with Gasteiger partial charge >= 0.3 is 5.97 Å². The van der Waals surface area contributed by atoms with Gasteiger partial charge in [-0.1, -0.05) is 0 Å². The van der Waals surface area contributed by atoms with Gasteiger partial charge in [0.15, 0.2) is 5.78 Å². The van der Waals surface area contributed by atoms with Crippen molar-refractivity contribution in [1.29, 1.82) is 0 Å². The van der Waals surface area contributed by atoms with Gasteiger partial charge in [0.1, 0.15) is 0 Å². The summed E-state index contributed by atoms with van der Waals surface area (Å²) in [5, 5.41) is 17.4. The van der Waals surface area contributed by atoms with E-state index in [0.717, 1.165) is 6.08 Å². The zero-order valence-electron chi connectivity index (χ0n) is 5.78. The second-order valence-electron chi connectivity index (χ2n) is 2.55. The van der Waals surface area contributed by atoms with Crippen LogP contribution in [0.2, 0.25) is 0 Å². The molecule has 1 atom stereocenters. The molecule has 0 saturated heterocycles. The summed E-state index contributed by atoms with van der Waals surface area (Å²) < 4.78 is 0. The summed E-state index contributed by atoms with van der Waals surface area (Å²) >= 11 is 0. The molecule has 1 unspecified atom stereocenters. The molecule has 60 valence electrons. The van der Waals surface area contributed by atoms with Gasteiger partial charge in [0, 0.05) is 18.9 Å². The van der Waals surface area contributed by atoms with Crippen molar-refractivity contribution in [1.82, 2.24) is 0 Å². The minimum absolute atomic E-state index is 0.000602. The van der Waals surface area contributed by atoms with Crippen LogP contribution in [0.4, 0.5) is 0 Å². The number of carbonyl (C=O) groups excluding carboxylic acids is 1. The van der Waals surface area contributed by atoms with Gasteiger partial charge in [-0.15, -0.1) is 0 Å². The minimum Gasteiger partial charge on any atom is -0.512 e.